The lowest BCUT2D eigenvalue weighted by molar-refractivity contribution is -0.169. The summed E-state index contributed by atoms with van der Waals surface area (Å²) in [6.07, 6.45) is 6.24. The highest BCUT2D eigenvalue weighted by Crippen LogP contribution is 2.37. The number of fused-ring (bicyclic) bond motifs is 1. The van der Waals surface area contributed by atoms with Crippen molar-refractivity contribution in [3.05, 3.63) is 68.9 Å². The van der Waals surface area contributed by atoms with Gasteiger partial charge >= 0.3 is 0 Å². The van der Waals surface area contributed by atoms with Crippen LogP contribution in [-0.2, 0) is 25.6 Å². The topological polar surface area (TPSA) is 127 Å². The SMILES string of the molecule is CC(=O)O.Cc1cccn2c(=O)c(/C=C3\SC(=S)N(Cc4ccco4)C3=O)c(N3CCC4(CC3)OCCO4)nc12. The molecule has 6 rings (SSSR count). The number of carbonyl (C=O) groups is 2. The molecule has 0 bridgehead atoms. The van der Waals surface area contributed by atoms with E-state index in [1.165, 1.54) is 21.1 Å². The largest absolute Gasteiger partial charge is 0.481 e. The third-order valence-electron chi connectivity index (χ3n) is 6.75. The number of rotatable bonds is 4. The van der Waals surface area contributed by atoms with Gasteiger partial charge in [-0.25, -0.2) is 4.98 Å². The second-order valence-corrected chi connectivity index (χ2v) is 11.2. The van der Waals surface area contributed by atoms with Crippen molar-refractivity contribution in [1.29, 1.82) is 0 Å². The summed E-state index contributed by atoms with van der Waals surface area (Å²) >= 11 is 6.65. The van der Waals surface area contributed by atoms with Crippen molar-refractivity contribution in [2.45, 2.75) is 39.0 Å². The summed E-state index contributed by atoms with van der Waals surface area (Å²) in [5.41, 5.74) is 1.61. The molecule has 0 aliphatic carbocycles. The van der Waals surface area contributed by atoms with Gasteiger partial charge in [0.1, 0.15) is 21.5 Å². The van der Waals surface area contributed by atoms with Gasteiger partial charge in [-0.15, -0.1) is 0 Å². The van der Waals surface area contributed by atoms with Gasteiger partial charge in [0.15, 0.2) is 5.79 Å². The zero-order valence-corrected chi connectivity index (χ0v) is 23.6. The molecule has 3 aliphatic heterocycles. The number of piperidine rings is 1. The van der Waals surface area contributed by atoms with Gasteiger partial charge in [0.05, 0.1) is 36.5 Å². The number of hydrogen-bond acceptors (Lipinski definition) is 10. The molecule has 1 N–H and O–H groups in total. The van der Waals surface area contributed by atoms with Crippen LogP contribution < -0.4 is 10.5 Å². The highest BCUT2D eigenvalue weighted by Gasteiger charge is 2.41. The van der Waals surface area contributed by atoms with Crippen LogP contribution in [0.25, 0.3) is 11.7 Å². The number of carbonyl (C=O) groups excluding carboxylic acids is 1. The Kier molecular flexibility index (Phi) is 8.08. The van der Waals surface area contributed by atoms with Gasteiger partial charge in [-0.1, -0.05) is 30.0 Å². The number of furan rings is 1. The number of aryl methyl sites for hydroxylation is 1. The Labute approximate surface area is 239 Å². The standard InChI is InChI=1S/C25H24N4O5S2.C2H4O2/c1-16-4-2-8-28-20(16)26-21(27-9-6-25(7-10-27)33-12-13-34-25)18(22(28)30)14-19-23(31)29(24(35)36-19)15-17-5-3-11-32-17;1-2(3)4/h2-5,8,11,14H,6-7,9-10,12-13,15H2,1H3;1H3,(H,3,4)/b19-14-;. The minimum Gasteiger partial charge on any atom is -0.481 e. The Morgan fingerprint density at radius 1 is 1.20 bits per heavy atom. The molecule has 1 amide bonds. The zero-order valence-electron chi connectivity index (χ0n) is 22.0. The first-order chi connectivity index (χ1) is 19.2. The predicted octanol–water partition coefficient (Wildman–Crippen LogP) is 3.43. The maximum absolute atomic E-state index is 13.7. The first-order valence-electron chi connectivity index (χ1n) is 12.7. The lowest BCUT2D eigenvalue weighted by Crippen LogP contribution is -2.46. The summed E-state index contributed by atoms with van der Waals surface area (Å²) in [6.45, 7) is 5.68. The molecule has 40 heavy (non-hydrogen) atoms. The summed E-state index contributed by atoms with van der Waals surface area (Å²) in [5, 5.41) is 7.42. The van der Waals surface area contributed by atoms with Gasteiger partial charge in [0, 0.05) is 39.1 Å². The van der Waals surface area contributed by atoms with E-state index in [0.717, 1.165) is 12.5 Å². The first-order valence-corrected chi connectivity index (χ1v) is 13.9. The second kappa shape index (κ2) is 11.5. The van der Waals surface area contributed by atoms with Crippen LogP contribution in [0.5, 0.6) is 0 Å². The Balaban J connectivity index is 0.000000758. The van der Waals surface area contributed by atoms with E-state index in [9.17, 15) is 9.59 Å². The molecule has 0 saturated carbocycles. The maximum atomic E-state index is 13.7. The van der Waals surface area contributed by atoms with Crippen LogP contribution in [0.1, 0.15) is 36.7 Å². The van der Waals surface area contributed by atoms with E-state index < -0.39 is 11.8 Å². The lowest BCUT2D eigenvalue weighted by Gasteiger charge is -2.38. The summed E-state index contributed by atoms with van der Waals surface area (Å²) < 4.78 is 19.1. The molecule has 0 unspecified atom stereocenters. The summed E-state index contributed by atoms with van der Waals surface area (Å²) in [7, 11) is 0. The number of thiocarbonyl (C=S) groups is 1. The van der Waals surface area contributed by atoms with Crippen LogP contribution in [-0.4, -0.2) is 67.7 Å². The van der Waals surface area contributed by atoms with E-state index in [1.807, 2.05) is 19.1 Å². The van der Waals surface area contributed by atoms with E-state index >= 15 is 0 Å². The quantitative estimate of drug-likeness (QED) is 0.358. The van der Waals surface area contributed by atoms with Crippen LogP contribution in [0.2, 0.25) is 0 Å². The van der Waals surface area contributed by atoms with Crippen LogP contribution in [0.15, 0.2) is 50.8 Å². The Bertz CT molecular complexity index is 1530. The van der Waals surface area contributed by atoms with E-state index in [4.69, 9.17) is 41.0 Å². The van der Waals surface area contributed by atoms with E-state index in [2.05, 4.69) is 4.90 Å². The normalized spacial score (nSPS) is 19.5. The average Bonchev–Trinajstić information content (AvgIpc) is 3.66. The van der Waals surface area contributed by atoms with Crippen LogP contribution in [0.4, 0.5) is 5.82 Å². The van der Waals surface area contributed by atoms with E-state index in [0.29, 0.717) is 71.2 Å². The highest BCUT2D eigenvalue weighted by atomic mass is 32.2. The molecule has 3 saturated heterocycles. The predicted molar refractivity (Wildman–Crippen MR) is 153 cm³/mol. The highest BCUT2D eigenvalue weighted by molar-refractivity contribution is 8.26. The van der Waals surface area contributed by atoms with Crippen molar-refractivity contribution >= 4 is 57.7 Å². The molecule has 210 valence electrons. The molecule has 6 heterocycles. The molecule has 0 radical (unpaired) electrons. The molecule has 0 atom stereocenters. The Morgan fingerprint density at radius 2 is 1.90 bits per heavy atom. The van der Waals surface area contributed by atoms with Gasteiger partial charge < -0.3 is 23.9 Å². The lowest BCUT2D eigenvalue weighted by atomic mass is 10.0. The molecule has 1 spiro atoms. The van der Waals surface area contributed by atoms with Crippen LogP contribution >= 0.6 is 24.0 Å². The van der Waals surface area contributed by atoms with Gasteiger partial charge in [0.25, 0.3) is 17.4 Å². The average molecular weight is 585 g/mol. The molecule has 3 aliphatic rings. The van der Waals surface area contributed by atoms with Crippen molar-refractivity contribution < 1.29 is 28.6 Å². The number of hydrogen-bond donors (Lipinski definition) is 1. The van der Waals surface area contributed by atoms with Gasteiger partial charge in [-0.05, 0) is 36.8 Å². The van der Waals surface area contributed by atoms with Crippen molar-refractivity contribution in [2.75, 3.05) is 31.2 Å². The third-order valence-corrected chi connectivity index (χ3v) is 8.12. The van der Waals surface area contributed by atoms with Crippen molar-refractivity contribution in [3.63, 3.8) is 0 Å². The number of carboxylic acid groups (broad SMARTS) is 1. The maximum Gasteiger partial charge on any atom is 0.300 e. The summed E-state index contributed by atoms with van der Waals surface area (Å²) in [4.78, 5) is 44.9. The number of anilines is 1. The molecule has 0 aromatic carbocycles. The smallest absolute Gasteiger partial charge is 0.300 e. The molecule has 3 aromatic heterocycles. The van der Waals surface area contributed by atoms with Gasteiger partial charge in [-0.2, -0.15) is 0 Å². The number of ether oxygens (including phenoxy) is 2. The molecule has 13 heteroatoms. The van der Waals surface area contributed by atoms with Crippen LogP contribution in [0, 0.1) is 6.92 Å². The number of amides is 1. The number of aliphatic carboxylic acids is 1. The minimum absolute atomic E-state index is 0.233. The van der Waals surface area contributed by atoms with Crippen molar-refractivity contribution in [3.8, 4) is 0 Å². The number of aromatic nitrogens is 2. The van der Waals surface area contributed by atoms with E-state index in [-0.39, 0.29) is 18.0 Å². The number of nitrogens with zero attached hydrogens (tertiary/aromatic N) is 4. The molecular formula is C27H28N4O7S2. The van der Waals surface area contributed by atoms with Gasteiger partial charge in [0.2, 0.25) is 0 Å². The second-order valence-electron chi connectivity index (χ2n) is 9.50. The molecule has 3 fully saturated rings. The first kappa shape index (κ1) is 28.0. The Morgan fingerprint density at radius 3 is 2.55 bits per heavy atom. The summed E-state index contributed by atoms with van der Waals surface area (Å²) in [6, 6.07) is 7.31. The fourth-order valence-electron chi connectivity index (χ4n) is 4.84. The third kappa shape index (κ3) is 5.68. The minimum atomic E-state index is -0.833. The van der Waals surface area contributed by atoms with E-state index in [1.54, 1.807) is 30.7 Å². The molecular weight excluding hydrogens is 556 g/mol. The van der Waals surface area contributed by atoms with Crippen molar-refractivity contribution in [2.24, 2.45) is 0 Å². The zero-order chi connectivity index (χ0) is 28.4. The van der Waals surface area contributed by atoms with Crippen molar-refractivity contribution in [1.82, 2.24) is 14.3 Å². The fourth-order valence-corrected chi connectivity index (χ4v) is 6.08. The molecule has 3 aromatic rings. The summed E-state index contributed by atoms with van der Waals surface area (Å²) in [5.74, 6) is -0.452. The fraction of sp³-hybridized carbons (Fsp3) is 0.370. The van der Waals surface area contributed by atoms with Crippen LogP contribution in [0.3, 0.4) is 0 Å². The Hall–Kier alpha value is -3.52. The van der Waals surface area contributed by atoms with Gasteiger partial charge in [-0.3, -0.25) is 23.7 Å². The monoisotopic (exact) mass is 584 g/mol. The number of thioether (sulfide) groups is 1. The molecule has 11 nitrogen and oxygen atoms in total. The number of carboxylic acids is 1. The number of pyridine rings is 1.